The standard InChI is InChI=1S/C13H17N3O2/c1-13(2,3)11(6-12(17)18)16-10-8-15-5-4-9(10)7-14/h4-5,8,11,16H,6H2,1-3H3,(H,17,18). The van der Waals surface area contributed by atoms with E-state index in [9.17, 15) is 4.79 Å². The number of aliphatic carboxylic acids is 1. The minimum atomic E-state index is -0.871. The summed E-state index contributed by atoms with van der Waals surface area (Å²) in [6, 6.07) is 3.38. The van der Waals surface area contributed by atoms with E-state index in [-0.39, 0.29) is 17.9 Å². The van der Waals surface area contributed by atoms with Gasteiger partial charge in [0.25, 0.3) is 0 Å². The molecule has 0 saturated heterocycles. The average Bonchev–Trinajstić information content (AvgIpc) is 2.27. The lowest BCUT2D eigenvalue weighted by Crippen LogP contribution is -2.36. The van der Waals surface area contributed by atoms with Crippen LogP contribution in [0.25, 0.3) is 0 Å². The van der Waals surface area contributed by atoms with Gasteiger partial charge in [0.05, 0.1) is 23.9 Å². The van der Waals surface area contributed by atoms with E-state index in [1.807, 2.05) is 20.8 Å². The molecule has 96 valence electrons. The Labute approximate surface area is 106 Å². The molecule has 5 nitrogen and oxygen atoms in total. The van der Waals surface area contributed by atoms with E-state index in [2.05, 4.69) is 16.4 Å². The van der Waals surface area contributed by atoms with E-state index in [0.717, 1.165) is 0 Å². The number of hydrogen-bond donors (Lipinski definition) is 2. The van der Waals surface area contributed by atoms with Crippen LogP contribution in [-0.2, 0) is 4.79 Å². The second-order valence-electron chi connectivity index (χ2n) is 5.19. The van der Waals surface area contributed by atoms with E-state index in [0.29, 0.717) is 11.3 Å². The second kappa shape index (κ2) is 5.50. The number of carboxylic acid groups (broad SMARTS) is 1. The van der Waals surface area contributed by atoms with Crippen LogP contribution in [0.5, 0.6) is 0 Å². The molecular weight excluding hydrogens is 230 g/mol. The Morgan fingerprint density at radius 3 is 2.78 bits per heavy atom. The summed E-state index contributed by atoms with van der Waals surface area (Å²) in [5.41, 5.74) is 0.798. The monoisotopic (exact) mass is 247 g/mol. The lowest BCUT2D eigenvalue weighted by molar-refractivity contribution is -0.137. The minimum Gasteiger partial charge on any atom is -0.481 e. The lowest BCUT2D eigenvalue weighted by Gasteiger charge is -2.31. The fourth-order valence-corrected chi connectivity index (χ4v) is 1.54. The Bertz CT molecular complexity index is 472. The molecule has 0 saturated carbocycles. The number of aromatic nitrogens is 1. The molecule has 0 spiro atoms. The third-order valence-corrected chi connectivity index (χ3v) is 2.70. The van der Waals surface area contributed by atoms with Crippen LogP contribution >= 0.6 is 0 Å². The first-order chi connectivity index (χ1) is 8.34. The van der Waals surface area contributed by atoms with Crippen LogP contribution in [0.4, 0.5) is 5.69 Å². The molecule has 0 radical (unpaired) electrons. The zero-order valence-electron chi connectivity index (χ0n) is 10.8. The van der Waals surface area contributed by atoms with Gasteiger partial charge in [-0.2, -0.15) is 5.26 Å². The molecule has 0 aliphatic rings. The Hall–Kier alpha value is -2.09. The second-order valence-corrected chi connectivity index (χ2v) is 5.19. The molecule has 0 amide bonds. The number of hydrogen-bond acceptors (Lipinski definition) is 4. The van der Waals surface area contributed by atoms with Crippen LogP contribution in [0, 0.1) is 16.7 Å². The van der Waals surface area contributed by atoms with Crippen LogP contribution < -0.4 is 5.32 Å². The highest BCUT2D eigenvalue weighted by Crippen LogP contribution is 2.26. The molecule has 0 fully saturated rings. The fraction of sp³-hybridized carbons (Fsp3) is 0.462. The number of carbonyl (C=O) groups is 1. The third kappa shape index (κ3) is 3.74. The van der Waals surface area contributed by atoms with E-state index in [1.54, 1.807) is 12.3 Å². The van der Waals surface area contributed by atoms with Crippen molar-refractivity contribution in [3.63, 3.8) is 0 Å². The van der Waals surface area contributed by atoms with Crippen LogP contribution in [0.1, 0.15) is 32.8 Å². The maximum Gasteiger partial charge on any atom is 0.305 e. The van der Waals surface area contributed by atoms with Gasteiger partial charge >= 0.3 is 5.97 Å². The highest BCUT2D eigenvalue weighted by molar-refractivity contribution is 5.69. The summed E-state index contributed by atoms with van der Waals surface area (Å²) in [6.45, 7) is 5.86. The van der Waals surface area contributed by atoms with Gasteiger partial charge in [0.15, 0.2) is 0 Å². The number of carboxylic acids is 1. The first-order valence-corrected chi connectivity index (χ1v) is 5.67. The smallest absolute Gasteiger partial charge is 0.305 e. The quantitative estimate of drug-likeness (QED) is 0.852. The number of nitrogens with zero attached hydrogens (tertiary/aromatic N) is 2. The number of nitriles is 1. The highest BCUT2D eigenvalue weighted by atomic mass is 16.4. The molecule has 18 heavy (non-hydrogen) atoms. The summed E-state index contributed by atoms with van der Waals surface area (Å²) >= 11 is 0. The van der Waals surface area contributed by atoms with E-state index < -0.39 is 5.97 Å². The van der Waals surface area contributed by atoms with Gasteiger partial charge in [0, 0.05) is 12.2 Å². The molecule has 0 aromatic carbocycles. The number of pyridine rings is 1. The zero-order chi connectivity index (χ0) is 13.8. The largest absolute Gasteiger partial charge is 0.481 e. The number of nitrogens with one attached hydrogen (secondary N) is 1. The molecule has 0 aliphatic heterocycles. The molecule has 1 rings (SSSR count). The van der Waals surface area contributed by atoms with E-state index in [4.69, 9.17) is 10.4 Å². The normalized spacial score (nSPS) is 12.6. The Morgan fingerprint density at radius 2 is 2.28 bits per heavy atom. The summed E-state index contributed by atoms with van der Waals surface area (Å²) < 4.78 is 0. The van der Waals surface area contributed by atoms with Gasteiger partial charge in [0.2, 0.25) is 0 Å². The molecule has 1 heterocycles. The van der Waals surface area contributed by atoms with Crippen molar-refractivity contribution in [1.29, 1.82) is 5.26 Å². The molecule has 5 heteroatoms. The Balaban J connectivity index is 2.97. The molecule has 0 bridgehead atoms. The Kier molecular flexibility index (Phi) is 4.27. The molecule has 1 aromatic rings. The van der Waals surface area contributed by atoms with Crippen LogP contribution in [0.3, 0.4) is 0 Å². The minimum absolute atomic E-state index is 0.0107. The van der Waals surface area contributed by atoms with Gasteiger partial charge in [-0.3, -0.25) is 9.78 Å². The number of rotatable bonds is 4. The van der Waals surface area contributed by atoms with Crippen molar-refractivity contribution in [1.82, 2.24) is 4.98 Å². The van der Waals surface area contributed by atoms with Gasteiger partial charge in [-0.1, -0.05) is 20.8 Å². The van der Waals surface area contributed by atoms with Gasteiger partial charge in [0.1, 0.15) is 6.07 Å². The van der Waals surface area contributed by atoms with Gasteiger partial charge < -0.3 is 10.4 Å². The van der Waals surface area contributed by atoms with Crippen molar-refractivity contribution in [3.05, 3.63) is 24.0 Å². The third-order valence-electron chi connectivity index (χ3n) is 2.70. The highest BCUT2D eigenvalue weighted by Gasteiger charge is 2.27. The lowest BCUT2D eigenvalue weighted by atomic mass is 9.84. The molecule has 2 N–H and O–H groups in total. The molecule has 1 unspecified atom stereocenters. The SMILES string of the molecule is CC(C)(C)C(CC(=O)O)Nc1cnccc1C#N. The van der Waals surface area contributed by atoms with Crippen molar-refractivity contribution < 1.29 is 9.90 Å². The molecule has 1 aromatic heterocycles. The summed E-state index contributed by atoms with van der Waals surface area (Å²) in [6.07, 6.45) is 3.06. The summed E-state index contributed by atoms with van der Waals surface area (Å²) in [5, 5.41) is 21.0. The predicted molar refractivity (Wildman–Crippen MR) is 68.1 cm³/mol. The van der Waals surface area contributed by atoms with Gasteiger partial charge in [-0.25, -0.2) is 0 Å². The summed E-state index contributed by atoms with van der Waals surface area (Å²) in [7, 11) is 0. The maximum absolute atomic E-state index is 10.9. The maximum atomic E-state index is 10.9. The van der Waals surface area contributed by atoms with Gasteiger partial charge in [-0.15, -0.1) is 0 Å². The van der Waals surface area contributed by atoms with Crippen LogP contribution in [0.15, 0.2) is 18.5 Å². The van der Waals surface area contributed by atoms with Gasteiger partial charge in [-0.05, 0) is 11.5 Å². The average molecular weight is 247 g/mol. The molecular formula is C13H17N3O2. The number of anilines is 1. The van der Waals surface area contributed by atoms with Crippen molar-refractivity contribution in [2.75, 3.05) is 5.32 Å². The fourth-order valence-electron chi connectivity index (χ4n) is 1.54. The van der Waals surface area contributed by atoms with E-state index in [1.165, 1.54) is 6.20 Å². The molecule has 0 aliphatic carbocycles. The van der Waals surface area contributed by atoms with Crippen molar-refractivity contribution in [2.24, 2.45) is 5.41 Å². The predicted octanol–water partition coefficient (Wildman–Crippen LogP) is 2.25. The van der Waals surface area contributed by atoms with E-state index >= 15 is 0 Å². The summed E-state index contributed by atoms with van der Waals surface area (Å²) in [4.78, 5) is 14.8. The molecule has 1 atom stereocenters. The van der Waals surface area contributed by atoms with Crippen molar-refractivity contribution in [3.8, 4) is 6.07 Å². The van der Waals surface area contributed by atoms with Crippen molar-refractivity contribution in [2.45, 2.75) is 33.2 Å². The Morgan fingerprint density at radius 1 is 1.61 bits per heavy atom. The summed E-state index contributed by atoms with van der Waals surface area (Å²) in [5.74, 6) is -0.871. The van der Waals surface area contributed by atoms with Crippen LogP contribution in [0.2, 0.25) is 0 Å². The first-order valence-electron chi connectivity index (χ1n) is 5.67. The van der Waals surface area contributed by atoms with Crippen LogP contribution in [-0.4, -0.2) is 22.1 Å². The van der Waals surface area contributed by atoms with Crippen molar-refractivity contribution >= 4 is 11.7 Å². The topological polar surface area (TPSA) is 86.0 Å². The zero-order valence-corrected chi connectivity index (χ0v) is 10.8. The first kappa shape index (κ1) is 14.0.